The summed E-state index contributed by atoms with van der Waals surface area (Å²) in [5.74, 6) is 1.85. The highest BCUT2D eigenvalue weighted by atomic mass is 16.5. The number of amides is 1. The molecule has 2 aromatic heterocycles. The molecule has 1 aliphatic carbocycles. The van der Waals surface area contributed by atoms with Crippen LogP contribution < -0.4 is 0 Å². The van der Waals surface area contributed by atoms with E-state index in [1.165, 1.54) is 12.4 Å². The highest BCUT2D eigenvalue weighted by Gasteiger charge is 2.40. The third-order valence-electron chi connectivity index (χ3n) is 4.67. The van der Waals surface area contributed by atoms with Gasteiger partial charge in [0.25, 0.3) is 5.91 Å². The van der Waals surface area contributed by atoms with Gasteiger partial charge in [-0.2, -0.15) is 4.98 Å². The molecule has 1 amide bonds. The molecule has 3 heterocycles. The summed E-state index contributed by atoms with van der Waals surface area (Å²) in [4.78, 5) is 27.1. The van der Waals surface area contributed by atoms with Crippen LogP contribution in [0, 0.1) is 0 Å². The lowest BCUT2D eigenvalue weighted by molar-refractivity contribution is 0.0613. The third-order valence-corrected chi connectivity index (χ3v) is 4.67. The lowest BCUT2D eigenvalue weighted by Crippen LogP contribution is -2.47. The lowest BCUT2D eigenvalue weighted by atomic mass is 9.81. The number of carbonyl (C=O) groups excluding carboxylic acids is 1. The fourth-order valence-electron chi connectivity index (χ4n) is 3.15. The predicted octanol–water partition coefficient (Wildman–Crippen LogP) is 1.93. The number of carbonyl (C=O) groups is 1. The number of hydrogen-bond donors (Lipinski definition) is 0. The minimum atomic E-state index is -0.295. The van der Waals surface area contributed by atoms with Crippen LogP contribution in [0.5, 0.6) is 0 Å². The van der Waals surface area contributed by atoms with Crippen LogP contribution in [0.2, 0.25) is 0 Å². The van der Waals surface area contributed by atoms with Gasteiger partial charge in [0.1, 0.15) is 5.69 Å². The summed E-state index contributed by atoms with van der Waals surface area (Å²) in [6, 6.07) is 0. The van der Waals surface area contributed by atoms with Crippen LogP contribution in [0.25, 0.3) is 0 Å². The van der Waals surface area contributed by atoms with Crippen molar-refractivity contribution in [3.63, 3.8) is 0 Å². The first-order valence-electron chi connectivity index (χ1n) is 8.05. The summed E-state index contributed by atoms with van der Waals surface area (Å²) < 4.78 is 5.52. The van der Waals surface area contributed by atoms with Crippen LogP contribution in [0.3, 0.4) is 0 Å². The average Bonchev–Trinajstić information content (AvgIpc) is 3.31. The smallest absolute Gasteiger partial charge is 0.274 e. The normalized spacial score (nSPS) is 24.7. The third kappa shape index (κ3) is 2.71. The molecule has 7 nitrogen and oxygen atoms in total. The van der Waals surface area contributed by atoms with Gasteiger partial charge in [-0.15, -0.1) is 0 Å². The van der Waals surface area contributed by atoms with Crippen molar-refractivity contribution >= 4 is 5.91 Å². The molecule has 2 aromatic rings. The van der Waals surface area contributed by atoms with Crippen molar-refractivity contribution in [3.05, 3.63) is 36.0 Å². The Labute approximate surface area is 134 Å². The summed E-state index contributed by atoms with van der Waals surface area (Å²) in [7, 11) is 0. The van der Waals surface area contributed by atoms with Gasteiger partial charge in [-0.3, -0.25) is 9.78 Å². The van der Waals surface area contributed by atoms with Crippen LogP contribution >= 0.6 is 0 Å². The Morgan fingerprint density at radius 1 is 1.39 bits per heavy atom. The van der Waals surface area contributed by atoms with Crippen molar-refractivity contribution in [2.24, 2.45) is 0 Å². The standard InChI is InChI=1S/C16H19N5O2/c1-16(15-19-13(20-23-15)11-3-4-11)5-2-8-21(10-16)14(22)12-9-17-6-7-18-12/h6-7,9,11H,2-5,8,10H2,1H3. The molecule has 0 bridgehead atoms. The molecule has 1 atom stereocenters. The molecule has 1 saturated heterocycles. The monoisotopic (exact) mass is 313 g/mol. The molecule has 1 unspecified atom stereocenters. The van der Waals surface area contributed by atoms with E-state index in [0.717, 1.165) is 31.5 Å². The van der Waals surface area contributed by atoms with E-state index in [1.54, 1.807) is 6.20 Å². The zero-order chi connectivity index (χ0) is 15.9. The fraction of sp³-hybridized carbons (Fsp3) is 0.562. The van der Waals surface area contributed by atoms with Crippen molar-refractivity contribution in [1.29, 1.82) is 0 Å². The number of piperidine rings is 1. The van der Waals surface area contributed by atoms with Crippen LogP contribution in [0.1, 0.15) is 60.7 Å². The maximum atomic E-state index is 12.6. The second-order valence-electron chi connectivity index (χ2n) is 6.71. The Hall–Kier alpha value is -2.31. The quantitative estimate of drug-likeness (QED) is 0.860. The van der Waals surface area contributed by atoms with Crippen LogP contribution in [0.15, 0.2) is 23.1 Å². The molecular weight excluding hydrogens is 294 g/mol. The molecular formula is C16H19N5O2. The van der Waals surface area contributed by atoms with Crippen molar-refractivity contribution < 1.29 is 9.32 Å². The van der Waals surface area contributed by atoms with Gasteiger partial charge in [0, 0.05) is 31.4 Å². The zero-order valence-electron chi connectivity index (χ0n) is 13.1. The fourth-order valence-corrected chi connectivity index (χ4v) is 3.15. The van der Waals surface area contributed by atoms with E-state index in [9.17, 15) is 4.79 Å². The van der Waals surface area contributed by atoms with Gasteiger partial charge in [0.05, 0.1) is 11.6 Å². The van der Waals surface area contributed by atoms with Crippen molar-refractivity contribution in [1.82, 2.24) is 25.0 Å². The number of hydrogen-bond acceptors (Lipinski definition) is 6. The first kappa shape index (κ1) is 14.3. The number of aromatic nitrogens is 4. The molecule has 1 saturated carbocycles. The summed E-state index contributed by atoms with van der Waals surface area (Å²) >= 11 is 0. The van der Waals surface area contributed by atoms with E-state index >= 15 is 0 Å². The number of rotatable bonds is 3. The van der Waals surface area contributed by atoms with Crippen molar-refractivity contribution in [3.8, 4) is 0 Å². The molecule has 0 spiro atoms. The van der Waals surface area contributed by atoms with E-state index in [4.69, 9.17) is 4.52 Å². The first-order chi connectivity index (χ1) is 11.2. The van der Waals surface area contributed by atoms with E-state index in [-0.39, 0.29) is 11.3 Å². The molecule has 120 valence electrons. The Balaban J connectivity index is 1.54. The maximum absolute atomic E-state index is 12.6. The van der Waals surface area contributed by atoms with Crippen molar-refractivity contribution in [2.75, 3.05) is 13.1 Å². The molecule has 1 aliphatic heterocycles. The topological polar surface area (TPSA) is 85.0 Å². The van der Waals surface area contributed by atoms with E-state index < -0.39 is 0 Å². The lowest BCUT2D eigenvalue weighted by Gasteiger charge is -2.37. The van der Waals surface area contributed by atoms with Crippen LogP contribution in [-0.2, 0) is 5.41 Å². The number of nitrogens with zero attached hydrogens (tertiary/aromatic N) is 5. The SMILES string of the molecule is CC1(c2nc(C3CC3)no2)CCCN(C(=O)c2cnccn2)C1. The molecule has 0 aromatic carbocycles. The maximum Gasteiger partial charge on any atom is 0.274 e. The van der Waals surface area contributed by atoms with E-state index in [0.29, 0.717) is 30.6 Å². The summed E-state index contributed by atoms with van der Waals surface area (Å²) in [6.45, 7) is 3.37. The molecule has 2 fully saturated rings. The summed E-state index contributed by atoms with van der Waals surface area (Å²) in [5.41, 5.74) is 0.0805. The van der Waals surface area contributed by atoms with Gasteiger partial charge in [-0.25, -0.2) is 4.98 Å². The highest BCUT2D eigenvalue weighted by Crippen LogP contribution is 2.40. The van der Waals surface area contributed by atoms with E-state index in [1.807, 2.05) is 4.90 Å². The van der Waals surface area contributed by atoms with Gasteiger partial charge in [0.15, 0.2) is 5.82 Å². The summed E-state index contributed by atoms with van der Waals surface area (Å²) in [6.07, 6.45) is 8.74. The minimum Gasteiger partial charge on any atom is -0.339 e. The molecule has 4 rings (SSSR count). The Kier molecular flexibility index (Phi) is 3.36. The largest absolute Gasteiger partial charge is 0.339 e. The Morgan fingerprint density at radius 3 is 3.00 bits per heavy atom. The second-order valence-corrected chi connectivity index (χ2v) is 6.71. The molecule has 23 heavy (non-hydrogen) atoms. The summed E-state index contributed by atoms with van der Waals surface area (Å²) in [5, 5.41) is 4.11. The molecule has 0 N–H and O–H groups in total. The second kappa shape index (κ2) is 5.40. The van der Waals surface area contributed by atoms with Gasteiger partial charge in [-0.1, -0.05) is 5.16 Å². The Bertz CT molecular complexity index is 712. The predicted molar refractivity (Wildman–Crippen MR) is 80.8 cm³/mol. The Morgan fingerprint density at radius 2 is 2.26 bits per heavy atom. The van der Waals surface area contributed by atoms with Crippen molar-refractivity contribution in [2.45, 2.75) is 43.9 Å². The highest BCUT2D eigenvalue weighted by molar-refractivity contribution is 5.92. The van der Waals surface area contributed by atoms with Gasteiger partial charge in [-0.05, 0) is 32.6 Å². The van der Waals surface area contributed by atoms with Gasteiger partial charge in [0.2, 0.25) is 5.89 Å². The molecule has 7 heteroatoms. The average molecular weight is 313 g/mol. The molecule has 0 radical (unpaired) electrons. The number of likely N-dealkylation sites (tertiary alicyclic amines) is 1. The van der Waals surface area contributed by atoms with E-state index in [2.05, 4.69) is 27.0 Å². The zero-order valence-corrected chi connectivity index (χ0v) is 13.1. The van der Waals surface area contributed by atoms with Crippen LogP contribution in [0.4, 0.5) is 0 Å². The van der Waals surface area contributed by atoms with Gasteiger partial charge >= 0.3 is 0 Å². The van der Waals surface area contributed by atoms with Crippen LogP contribution in [-0.4, -0.2) is 44.0 Å². The molecule has 2 aliphatic rings. The first-order valence-corrected chi connectivity index (χ1v) is 8.05. The van der Waals surface area contributed by atoms with Gasteiger partial charge < -0.3 is 9.42 Å². The minimum absolute atomic E-state index is 0.0917.